The number of fused-ring (bicyclic) bond motifs is 1. The summed E-state index contributed by atoms with van der Waals surface area (Å²) in [4.78, 5) is 18.4. The molecule has 1 saturated heterocycles. The number of carboxylic acid groups (broad SMARTS) is 1. The Morgan fingerprint density at radius 1 is 1.10 bits per heavy atom. The van der Waals surface area contributed by atoms with Gasteiger partial charge in [-0.1, -0.05) is 15.9 Å². The van der Waals surface area contributed by atoms with Gasteiger partial charge in [-0.15, -0.1) is 12.4 Å². The molecule has 0 aliphatic carbocycles. The Morgan fingerprint density at radius 3 is 2.29 bits per heavy atom. The zero-order valence-corrected chi connectivity index (χ0v) is 20.8. The van der Waals surface area contributed by atoms with Crippen LogP contribution in [0.2, 0.25) is 0 Å². The first-order chi connectivity index (χ1) is 14.2. The topological polar surface area (TPSA) is 58.4 Å². The molecule has 0 atom stereocenters. The van der Waals surface area contributed by atoms with E-state index >= 15 is 0 Å². The van der Waals surface area contributed by atoms with Gasteiger partial charge in [0.1, 0.15) is 5.65 Å². The molecule has 1 N–H and O–H groups in total. The van der Waals surface area contributed by atoms with Crippen LogP contribution in [0.15, 0.2) is 28.9 Å². The summed E-state index contributed by atoms with van der Waals surface area (Å²) in [5, 5.41) is 10.3. The number of pyridine rings is 1. The molecule has 1 aliphatic heterocycles. The summed E-state index contributed by atoms with van der Waals surface area (Å²) in [6, 6.07) is 6.47. The molecule has 1 aliphatic rings. The largest absolute Gasteiger partial charge is 0.481 e. The van der Waals surface area contributed by atoms with Gasteiger partial charge in [0, 0.05) is 46.9 Å². The third-order valence-electron chi connectivity index (χ3n) is 6.17. The molecule has 0 amide bonds. The van der Waals surface area contributed by atoms with Crippen molar-refractivity contribution in [1.82, 2.24) is 9.55 Å². The van der Waals surface area contributed by atoms with Gasteiger partial charge in [-0.2, -0.15) is 0 Å². The maximum atomic E-state index is 11.1. The van der Waals surface area contributed by atoms with Crippen LogP contribution in [0.25, 0.3) is 16.7 Å². The predicted octanol–water partition coefficient (Wildman–Crippen LogP) is 6.13. The Labute approximate surface area is 198 Å². The number of carboxylic acids is 1. The number of nitrogens with zero attached hydrogens (tertiary/aromatic N) is 3. The summed E-state index contributed by atoms with van der Waals surface area (Å²) in [7, 11) is 0. The van der Waals surface area contributed by atoms with Crippen LogP contribution in [0.5, 0.6) is 0 Å². The Hall–Kier alpha value is -2.05. The standard InChI is InChI=1S/C24H28BrN3O2.ClH/c1-14-9-19(25)10-15(2)23(14)28-13-16(3)22-20(11-17(4)26-24(22)28)27-7-5-18(6-8-27)12-21(29)30;/h9-11,13,18H,5-8,12H2,1-4H3,(H,29,30);1H. The van der Waals surface area contributed by atoms with Gasteiger partial charge in [-0.05, 0) is 81.3 Å². The van der Waals surface area contributed by atoms with Gasteiger partial charge in [0.15, 0.2) is 0 Å². The van der Waals surface area contributed by atoms with Crippen molar-refractivity contribution < 1.29 is 9.90 Å². The van der Waals surface area contributed by atoms with Gasteiger partial charge in [-0.25, -0.2) is 4.98 Å². The van der Waals surface area contributed by atoms with Crippen LogP contribution in [0, 0.1) is 33.6 Å². The molecule has 4 rings (SSSR count). The number of piperidine rings is 1. The molecule has 1 aromatic carbocycles. The van der Waals surface area contributed by atoms with Gasteiger partial charge < -0.3 is 14.6 Å². The van der Waals surface area contributed by atoms with Crippen molar-refractivity contribution in [1.29, 1.82) is 0 Å². The molecule has 0 radical (unpaired) electrons. The highest BCUT2D eigenvalue weighted by Gasteiger charge is 2.25. The molecule has 3 heterocycles. The van der Waals surface area contributed by atoms with E-state index in [1.165, 1.54) is 33.5 Å². The second-order valence-corrected chi connectivity index (χ2v) is 9.50. The molecule has 166 valence electrons. The van der Waals surface area contributed by atoms with Crippen LogP contribution in [-0.4, -0.2) is 33.7 Å². The third-order valence-corrected chi connectivity index (χ3v) is 6.63. The molecular formula is C24H29BrClN3O2. The molecule has 31 heavy (non-hydrogen) atoms. The number of hydrogen-bond acceptors (Lipinski definition) is 3. The van der Waals surface area contributed by atoms with E-state index in [1.807, 2.05) is 6.92 Å². The third kappa shape index (κ3) is 4.60. The van der Waals surface area contributed by atoms with Gasteiger partial charge in [0.2, 0.25) is 0 Å². The fourth-order valence-corrected chi connectivity index (χ4v) is 5.53. The normalized spacial score (nSPS) is 14.7. The Balaban J connectivity index is 0.00000272. The molecule has 0 saturated carbocycles. The van der Waals surface area contributed by atoms with E-state index in [9.17, 15) is 4.79 Å². The fourth-order valence-electron chi connectivity index (χ4n) is 4.84. The Morgan fingerprint density at radius 2 is 1.71 bits per heavy atom. The van der Waals surface area contributed by atoms with E-state index in [4.69, 9.17) is 10.1 Å². The van der Waals surface area contributed by atoms with Gasteiger partial charge in [-0.3, -0.25) is 4.79 Å². The van der Waals surface area contributed by atoms with E-state index in [1.54, 1.807) is 0 Å². The van der Waals surface area contributed by atoms with Crippen molar-refractivity contribution >= 4 is 51.0 Å². The maximum Gasteiger partial charge on any atom is 0.303 e. The van der Waals surface area contributed by atoms with Crippen LogP contribution in [0.3, 0.4) is 0 Å². The number of rotatable bonds is 4. The summed E-state index contributed by atoms with van der Waals surface area (Å²) in [5.41, 5.74) is 8.01. The Bertz CT molecular complexity index is 1110. The van der Waals surface area contributed by atoms with Crippen LogP contribution in [0.1, 0.15) is 41.6 Å². The second-order valence-electron chi connectivity index (χ2n) is 8.58. The van der Waals surface area contributed by atoms with Crippen molar-refractivity contribution in [2.24, 2.45) is 5.92 Å². The number of aryl methyl sites for hydroxylation is 4. The van der Waals surface area contributed by atoms with E-state index in [-0.39, 0.29) is 24.7 Å². The summed E-state index contributed by atoms with van der Waals surface area (Å²) in [5.74, 6) is -0.417. The van der Waals surface area contributed by atoms with Crippen molar-refractivity contribution in [3.8, 4) is 5.69 Å². The predicted molar refractivity (Wildman–Crippen MR) is 132 cm³/mol. The number of aromatic nitrogens is 2. The minimum atomic E-state index is -0.691. The zero-order chi connectivity index (χ0) is 21.6. The van der Waals surface area contributed by atoms with Crippen molar-refractivity contribution in [2.45, 2.75) is 47.0 Å². The lowest BCUT2D eigenvalue weighted by molar-refractivity contribution is -0.138. The summed E-state index contributed by atoms with van der Waals surface area (Å²) >= 11 is 3.60. The lowest BCUT2D eigenvalue weighted by Crippen LogP contribution is -2.34. The highest BCUT2D eigenvalue weighted by atomic mass is 79.9. The van der Waals surface area contributed by atoms with Crippen molar-refractivity contribution in [2.75, 3.05) is 18.0 Å². The SMILES string of the molecule is Cc1cc(N2CCC(CC(=O)O)CC2)c2c(C)cn(-c3c(C)cc(Br)cc3C)c2n1.Cl. The van der Waals surface area contributed by atoms with Gasteiger partial charge in [0.05, 0.1) is 5.69 Å². The lowest BCUT2D eigenvalue weighted by atomic mass is 9.93. The first kappa shape index (κ1) is 23.6. The van der Waals surface area contributed by atoms with Crippen LogP contribution in [0.4, 0.5) is 5.69 Å². The minimum absolute atomic E-state index is 0. The average Bonchev–Trinajstić information content (AvgIpc) is 2.96. The number of carbonyl (C=O) groups is 1. The number of halogens is 2. The second kappa shape index (κ2) is 9.21. The number of anilines is 1. The molecule has 0 spiro atoms. The van der Waals surface area contributed by atoms with Crippen LogP contribution in [-0.2, 0) is 4.79 Å². The number of benzene rings is 1. The lowest BCUT2D eigenvalue weighted by Gasteiger charge is -2.33. The quantitative estimate of drug-likeness (QED) is 0.462. The molecule has 3 aromatic rings. The summed E-state index contributed by atoms with van der Waals surface area (Å²) < 4.78 is 3.32. The summed E-state index contributed by atoms with van der Waals surface area (Å²) in [6.45, 7) is 10.2. The highest BCUT2D eigenvalue weighted by Crippen LogP contribution is 2.36. The monoisotopic (exact) mass is 505 g/mol. The smallest absolute Gasteiger partial charge is 0.303 e. The molecule has 5 nitrogen and oxygen atoms in total. The first-order valence-corrected chi connectivity index (χ1v) is 11.3. The Kier molecular flexibility index (Phi) is 7.01. The maximum absolute atomic E-state index is 11.1. The van der Waals surface area contributed by atoms with E-state index in [2.05, 4.69) is 70.6 Å². The molecule has 2 aromatic heterocycles. The molecule has 0 bridgehead atoms. The number of hydrogen-bond donors (Lipinski definition) is 1. The highest BCUT2D eigenvalue weighted by molar-refractivity contribution is 9.10. The van der Waals surface area contributed by atoms with Crippen LogP contribution >= 0.6 is 28.3 Å². The van der Waals surface area contributed by atoms with Gasteiger partial charge >= 0.3 is 5.97 Å². The summed E-state index contributed by atoms with van der Waals surface area (Å²) in [6.07, 6.45) is 4.30. The molecule has 7 heteroatoms. The van der Waals surface area contributed by atoms with E-state index in [0.717, 1.165) is 41.7 Å². The van der Waals surface area contributed by atoms with Crippen molar-refractivity contribution in [3.05, 3.63) is 51.3 Å². The minimum Gasteiger partial charge on any atom is -0.481 e. The average molecular weight is 507 g/mol. The molecule has 1 fully saturated rings. The fraction of sp³-hybridized carbons (Fsp3) is 0.417. The van der Waals surface area contributed by atoms with Crippen molar-refractivity contribution in [3.63, 3.8) is 0 Å². The molecular weight excluding hydrogens is 478 g/mol. The van der Waals surface area contributed by atoms with E-state index in [0.29, 0.717) is 0 Å². The van der Waals surface area contributed by atoms with Crippen LogP contribution < -0.4 is 4.90 Å². The molecule has 0 unspecified atom stereocenters. The zero-order valence-electron chi connectivity index (χ0n) is 18.4. The first-order valence-electron chi connectivity index (χ1n) is 10.5. The number of aliphatic carboxylic acids is 1. The van der Waals surface area contributed by atoms with Gasteiger partial charge in [0.25, 0.3) is 0 Å². The van der Waals surface area contributed by atoms with E-state index < -0.39 is 5.97 Å².